The van der Waals surface area contributed by atoms with Crippen LogP contribution in [0.4, 0.5) is 4.39 Å². The molecule has 1 N–H and O–H groups in total. The zero-order chi connectivity index (χ0) is 21.8. The van der Waals surface area contributed by atoms with E-state index in [0.29, 0.717) is 0 Å². The van der Waals surface area contributed by atoms with E-state index in [1.165, 1.54) is 37.1 Å². The van der Waals surface area contributed by atoms with Gasteiger partial charge in [0.05, 0.1) is 11.7 Å². The van der Waals surface area contributed by atoms with Crippen LogP contribution in [0.15, 0.2) is 53.8 Å². The van der Waals surface area contributed by atoms with Gasteiger partial charge < -0.3 is 4.98 Å². The molecule has 4 aromatic rings. The Kier molecular flexibility index (Phi) is 6.50. The Labute approximate surface area is 183 Å². The van der Waals surface area contributed by atoms with Gasteiger partial charge in [0.2, 0.25) is 0 Å². The van der Waals surface area contributed by atoms with Crippen LogP contribution in [-0.2, 0) is 6.54 Å². The van der Waals surface area contributed by atoms with Crippen LogP contribution in [0.2, 0.25) is 0 Å². The van der Waals surface area contributed by atoms with E-state index in [9.17, 15) is 4.39 Å². The lowest BCUT2D eigenvalue weighted by atomic mass is 10.0. The molecule has 0 aliphatic carbocycles. The second kappa shape index (κ2) is 9.46. The fraction of sp³-hybridized carbons (Fsp3) is 0.385. The van der Waals surface area contributed by atoms with Gasteiger partial charge in [-0.25, -0.2) is 4.39 Å². The van der Waals surface area contributed by atoms with Gasteiger partial charge >= 0.3 is 0 Å². The van der Waals surface area contributed by atoms with E-state index in [1.54, 1.807) is 0 Å². The molecule has 0 spiro atoms. The van der Waals surface area contributed by atoms with Crippen LogP contribution in [0.5, 0.6) is 0 Å². The molecule has 1 atom stereocenters. The van der Waals surface area contributed by atoms with E-state index in [2.05, 4.69) is 53.7 Å². The number of aryl methyl sites for hydroxylation is 1. The summed E-state index contributed by atoms with van der Waals surface area (Å²) in [6.45, 7) is 8.43. The highest BCUT2D eigenvalue weighted by Crippen LogP contribution is 2.31. The minimum atomic E-state index is -0.230. The number of benzene rings is 2. The molecule has 2 aromatic carbocycles. The minimum absolute atomic E-state index is 0.230. The SMILES string of the molecule is CCC(C)CCCN=C(C)CCn1ncc2cc(-c3c[nH]c4cc(F)ccc34)ccc21. The molecule has 0 saturated carbocycles. The number of fused-ring (bicyclic) bond motifs is 2. The molecule has 31 heavy (non-hydrogen) atoms. The van der Waals surface area contributed by atoms with Crippen molar-refractivity contribution < 1.29 is 4.39 Å². The zero-order valence-electron chi connectivity index (χ0n) is 18.7. The normalized spacial score (nSPS) is 13.4. The number of hydrogen-bond donors (Lipinski definition) is 1. The zero-order valence-corrected chi connectivity index (χ0v) is 18.7. The summed E-state index contributed by atoms with van der Waals surface area (Å²) in [4.78, 5) is 7.91. The van der Waals surface area contributed by atoms with Gasteiger partial charge in [-0.15, -0.1) is 0 Å². The van der Waals surface area contributed by atoms with E-state index in [0.717, 1.165) is 58.4 Å². The summed E-state index contributed by atoms with van der Waals surface area (Å²) in [5.41, 5.74) is 5.30. The van der Waals surface area contributed by atoms with E-state index in [1.807, 2.05) is 18.5 Å². The number of aliphatic imine (C=N–C) groups is 1. The van der Waals surface area contributed by atoms with Crippen molar-refractivity contribution in [2.24, 2.45) is 10.9 Å². The molecule has 0 radical (unpaired) electrons. The quantitative estimate of drug-likeness (QED) is 0.231. The standard InChI is InChI=1S/C26H31FN4/c1-4-18(2)6-5-12-28-19(3)11-13-31-26-10-7-20(14-21(26)16-30-31)24-17-29-25-15-22(27)8-9-23(24)25/h7-10,14-18,29H,4-6,11-13H2,1-3H3. The Hall–Kier alpha value is -2.95. The molecule has 0 bridgehead atoms. The maximum atomic E-state index is 13.5. The van der Waals surface area contributed by atoms with Crippen molar-refractivity contribution in [2.75, 3.05) is 6.54 Å². The predicted octanol–water partition coefficient (Wildman–Crippen LogP) is 7.00. The third-order valence-electron chi connectivity index (χ3n) is 6.22. The van der Waals surface area contributed by atoms with Crippen molar-refractivity contribution in [3.63, 3.8) is 0 Å². The van der Waals surface area contributed by atoms with Gasteiger partial charge in [0.15, 0.2) is 0 Å². The molecule has 0 fully saturated rings. The molecule has 0 amide bonds. The molecule has 1 unspecified atom stereocenters. The van der Waals surface area contributed by atoms with Crippen molar-refractivity contribution in [2.45, 2.75) is 53.0 Å². The van der Waals surface area contributed by atoms with E-state index >= 15 is 0 Å². The Morgan fingerprint density at radius 2 is 2.10 bits per heavy atom. The van der Waals surface area contributed by atoms with Crippen molar-refractivity contribution >= 4 is 27.5 Å². The molecule has 0 aliphatic heterocycles. The Bertz CT molecular complexity index is 1200. The lowest BCUT2D eigenvalue weighted by Gasteiger charge is -2.07. The predicted molar refractivity (Wildman–Crippen MR) is 128 cm³/mol. The van der Waals surface area contributed by atoms with Crippen molar-refractivity contribution in [3.8, 4) is 11.1 Å². The molecule has 162 valence electrons. The second-order valence-corrected chi connectivity index (χ2v) is 8.56. The Morgan fingerprint density at radius 1 is 1.23 bits per heavy atom. The highest BCUT2D eigenvalue weighted by Gasteiger charge is 2.10. The number of hydrogen-bond acceptors (Lipinski definition) is 2. The summed E-state index contributed by atoms with van der Waals surface area (Å²) in [6, 6.07) is 11.3. The van der Waals surface area contributed by atoms with Crippen molar-refractivity contribution in [3.05, 3.63) is 54.6 Å². The first-order chi connectivity index (χ1) is 15.0. The molecule has 2 heterocycles. The van der Waals surface area contributed by atoms with Gasteiger partial charge in [0, 0.05) is 53.3 Å². The third kappa shape index (κ3) is 4.87. The number of aromatic nitrogens is 3. The topological polar surface area (TPSA) is 46.0 Å². The maximum Gasteiger partial charge on any atom is 0.125 e. The number of rotatable bonds is 9. The Morgan fingerprint density at radius 3 is 2.94 bits per heavy atom. The second-order valence-electron chi connectivity index (χ2n) is 8.56. The van der Waals surface area contributed by atoms with Gasteiger partial charge in [0.25, 0.3) is 0 Å². The van der Waals surface area contributed by atoms with Crippen LogP contribution < -0.4 is 0 Å². The lowest BCUT2D eigenvalue weighted by Crippen LogP contribution is -2.05. The fourth-order valence-electron chi connectivity index (χ4n) is 4.03. The van der Waals surface area contributed by atoms with Crippen LogP contribution in [0.25, 0.3) is 32.9 Å². The molecule has 5 heteroatoms. The van der Waals surface area contributed by atoms with Crippen molar-refractivity contribution in [1.82, 2.24) is 14.8 Å². The van der Waals surface area contributed by atoms with E-state index < -0.39 is 0 Å². The monoisotopic (exact) mass is 418 g/mol. The molecule has 2 aromatic heterocycles. The largest absolute Gasteiger partial charge is 0.360 e. The summed E-state index contributed by atoms with van der Waals surface area (Å²) < 4.78 is 15.5. The summed E-state index contributed by atoms with van der Waals surface area (Å²) in [7, 11) is 0. The molecule has 0 saturated heterocycles. The summed E-state index contributed by atoms with van der Waals surface area (Å²) in [5, 5.41) is 6.73. The number of aromatic amines is 1. The summed E-state index contributed by atoms with van der Waals surface area (Å²) in [6.07, 6.45) is 8.44. The smallest absolute Gasteiger partial charge is 0.125 e. The van der Waals surface area contributed by atoms with Gasteiger partial charge in [-0.05, 0) is 61.6 Å². The van der Waals surface area contributed by atoms with Gasteiger partial charge in [-0.1, -0.05) is 26.3 Å². The van der Waals surface area contributed by atoms with Gasteiger partial charge in [-0.2, -0.15) is 5.10 Å². The average Bonchev–Trinajstić information content (AvgIpc) is 3.38. The van der Waals surface area contributed by atoms with Crippen LogP contribution >= 0.6 is 0 Å². The number of nitrogens with one attached hydrogen (secondary N) is 1. The molecule has 4 rings (SSSR count). The Balaban J connectivity index is 1.44. The lowest BCUT2D eigenvalue weighted by molar-refractivity contribution is 0.500. The van der Waals surface area contributed by atoms with Gasteiger partial charge in [-0.3, -0.25) is 9.67 Å². The minimum Gasteiger partial charge on any atom is -0.360 e. The summed E-state index contributed by atoms with van der Waals surface area (Å²) >= 11 is 0. The van der Waals surface area contributed by atoms with Crippen LogP contribution in [0.3, 0.4) is 0 Å². The van der Waals surface area contributed by atoms with Crippen LogP contribution in [0.1, 0.15) is 46.5 Å². The highest BCUT2D eigenvalue weighted by atomic mass is 19.1. The first-order valence-corrected chi connectivity index (χ1v) is 11.3. The van der Waals surface area contributed by atoms with Crippen LogP contribution in [-0.4, -0.2) is 27.0 Å². The number of halogens is 1. The molecular weight excluding hydrogens is 387 g/mol. The van der Waals surface area contributed by atoms with Crippen molar-refractivity contribution in [1.29, 1.82) is 0 Å². The fourth-order valence-corrected chi connectivity index (χ4v) is 4.03. The first-order valence-electron chi connectivity index (χ1n) is 11.3. The third-order valence-corrected chi connectivity index (χ3v) is 6.22. The van der Waals surface area contributed by atoms with Crippen LogP contribution in [0, 0.1) is 11.7 Å². The van der Waals surface area contributed by atoms with E-state index in [4.69, 9.17) is 4.99 Å². The van der Waals surface area contributed by atoms with E-state index in [-0.39, 0.29) is 5.82 Å². The maximum absolute atomic E-state index is 13.5. The van der Waals surface area contributed by atoms with Gasteiger partial charge in [0.1, 0.15) is 5.82 Å². The molecule has 0 aliphatic rings. The molecule has 4 nitrogen and oxygen atoms in total. The number of nitrogens with zero attached hydrogens (tertiary/aromatic N) is 3. The first kappa shape index (κ1) is 21.3. The number of H-pyrrole nitrogens is 1. The summed E-state index contributed by atoms with van der Waals surface area (Å²) in [5.74, 6) is 0.563. The highest BCUT2D eigenvalue weighted by molar-refractivity contribution is 5.97. The average molecular weight is 419 g/mol. The molecular formula is C26H31FN4.